The first-order chi connectivity index (χ1) is 7.68. The summed E-state index contributed by atoms with van der Waals surface area (Å²) >= 11 is 0. The van der Waals surface area contributed by atoms with Crippen LogP contribution in [0.3, 0.4) is 0 Å². The summed E-state index contributed by atoms with van der Waals surface area (Å²) < 4.78 is 0. The fourth-order valence-electron chi connectivity index (χ4n) is 1.92. The monoisotopic (exact) mass is 218 g/mol. The number of carbonyl (C=O) groups excluding carboxylic acids is 2. The Bertz CT molecular complexity index is 403. The van der Waals surface area contributed by atoms with Crippen molar-refractivity contribution in [2.24, 2.45) is 0 Å². The quantitative estimate of drug-likeness (QED) is 0.704. The normalized spacial score (nSPS) is 18.7. The van der Waals surface area contributed by atoms with Gasteiger partial charge in [-0.05, 0) is 19.1 Å². The second-order valence-corrected chi connectivity index (χ2v) is 3.98. The largest absolute Gasteiger partial charge is 0.334 e. The van der Waals surface area contributed by atoms with E-state index >= 15 is 0 Å². The molecule has 0 radical (unpaired) electrons. The summed E-state index contributed by atoms with van der Waals surface area (Å²) in [5, 5.41) is 0. The van der Waals surface area contributed by atoms with Crippen LogP contribution in [-0.2, 0) is 9.59 Å². The van der Waals surface area contributed by atoms with Gasteiger partial charge in [0.25, 0.3) is 0 Å². The Hall–Kier alpha value is -1.71. The highest BCUT2D eigenvalue weighted by atomic mass is 16.2. The first-order valence-electron chi connectivity index (χ1n) is 5.40. The molecule has 1 aliphatic rings. The Morgan fingerprint density at radius 2 is 2.19 bits per heavy atom. The van der Waals surface area contributed by atoms with Gasteiger partial charge in [-0.1, -0.05) is 6.07 Å². The standard InChI is InChI=1S/C12H14N2O2/c1-9(11-4-2-3-6-13-11)14-7-5-10(15)8-12(14)16/h2-4,6,9H,5,7-8H2,1H3. The lowest BCUT2D eigenvalue weighted by atomic mass is 10.1. The maximum Gasteiger partial charge on any atom is 0.230 e. The van der Waals surface area contributed by atoms with Gasteiger partial charge in [-0.15, -0.1) is 0 Å². The maximum atomic E-state index is 11.7. The predicted octanol–water partition coefficient (Wildman–Crippen LogP) is 1.33. The molecule has 0 aliphatic carbocycles. The Morgan fingerprint density at radius 1 is 1.38 bits per heavy atom. The van der Waals surface area contributed by atoms with Gasteiger partial charge in [0.1, 0.15) is 5.78 Å². The number of aromatic nitrogens is 1. The number of hydrogen-bond acceptors (Lipinski definition) is 3. The molecule has 0 spiro atoms. The zero-order valence-electron chi connectivity index (χ0n) is 9.22. The van der Waals surface area contributed by atoms with Crippen LogP contribution < -0.4 is 0 Å². The maximum absolute atomic E-state index is 11.7. The van der Waals surface area contributed by atoms with Gasteiger partial charge in [0, 0.05) is 19.2 Å². The minimum absolute atomic E-state index is 0.0365. The molecular formula is C12H14N2O2. The highest BCUT2D eigenvalue weighted by Crippen LogP contribution is 2.21. The molecule has 0 saturated carbocycles. The molecule has 1 amide bonds. The molecule has 4 heteroatoms. The molecule has 1 atom stereocenters. The number of piperidine rings is 1. The molecule has 2 rings (SSSR count). The Morgan fingerprint density at radius 3 is 2.81 bits per heavy atom. The van der Waals surface area contributed by atoms with Gasteiger partial charge in [-0.3, -0.25) is 14.6 Å². The molecule has 1 aromatic rings. The number of Topliss-reactive ketones (excluding diaryl/α,β-unsaturated/α-hetero) is 1. The number of amides is 1. The minimum Gasteiger partial charge on any atom is -0.334 e. The number of pyridine rings is 1. The average Bonchev–Trinajstić information content (AvgIpc) is 2.29. The Labute approximate surface area is 94.3 Å². The van der Waals surface area contributed by atoms with Crippen LogP contribution >= 0.6 is 0 Å². The van der Waals surface area contributed by atoms with Crippen molar-refractivity contribution in [3.63, 3.8) is 0 Å². The van der Waals surface area contributed by atoms with Crippen LogP contribution in [0.4, 0.5) is 0 Å². The van der Waals surface area contributed by atoms with E-state index in [0.717, 1.165) is 5.69 Å². The van der Waals surface area contributed by atoms with Gasteiger partial charge in [-0.2, -0.15) is 0 Å². The van der Waals surface area contributed by atoms with Crippen LogP contribution in [0.5, 0.6) is 0 Å². The molecule has 4 nitrogen and oxygen atoms in total. The van der Waals surface area contributed by atoms with Crippen LogP contribution in [0.25, 0.3) is 0 Å². The minimum atomic E-state index is -0.0885. The summed E-state index contributed by atoms with van der Waals surface area (Å²) in [4.78, 5) is 28.8. The number of hydrogen-bond donors (Lipinski definition) is 0. The molecule has 84 valence electrons. The number of ketones is 1. The van der Waals surface area contributed by atoms with Gasteiger partial charge < -0.3 is 4.90 Å². The van der Waals surface area contributed by atoms with E-state index in [2.05, 4.69) is 4.98 Å². The van der Waals surface area contributed by atoms with Crippen molar-refractivity contribution < 1.29 is 9.59 Å². The third-order valence-corrected chi connectivity index (χ3v) is 2.88. The molecule has 1 saturated heterocycles. The lowest BCUT2D eigenvalue weighted by Crippen LogP contribution is -2.40. The number of rotatable bonds is 2. The number of nitrogens with zero attached hydrogens (tertiary/aromatic N) is 2. The molecule has 1 aromatic heterocycles. The molecular weight excluding hydrogens is 204 g/mol. The third kappa shape index (κ3) is 2.10. The van der Waals surface area contributed by atoms with Gasteiger partial charge >= 0.3 is 0 Å². The molecule has 0 N–H and O–H groups in total. The molecule has 0 aromatic carbocycles. The Kier molecular flexibility index (Phi) is 2.99. The zero-order valence-corrected chi connectivity index (χ0v) is 9.22. The first kappa shape index (κ1) is 10.8. The van der Waals surface area contributed by atoms with Crippen LogP contribution in [0.2, 0.25) is 0 Å². The topological polar surface area (TPSA) is 50.3 Å². The first-order valence-corrected chi connectivity index (χ1v) is 5.40. The number of carbonyl (C=O) groups is 2. The zero-order chi connectivity index (χ0) is 11.5. The summed E-state index contributed by atoms with van der Waals surface area (Å²) in [5.41, 5.74) is 0.866. The van der Waals surface area contributed by atoms with E-state index in [9.17, 15) is 9.59 Å². The SMILES string of the molecule is CC(c1ccccn1)N1CCC(=O)CC1=O. The highest BCUT2D eigenvalue weighted by molar-refractivity contribution is 6.00. The molecule has 1 unspecified atom stereocenters. The van der Waals surface area contributed by atoms with E-state index < -0.39 is 0 Å². The second kappa shape index (κ2) is 4.43. The average molecular weight is 218 g/mol. The number of likely N-dealkylation sites (tertiary alicyclic amines) is 1. The van der Waals surface area contributed by atoms with E-state index in [4.69, 9.17) is 0 Å². The van der Waals surface area contributed by atoms with E-state index in [1.807, 2.05) is 25.1 Å². The van der Waals surface area contributed by atoms with E-state index in [1.54, 1.807) is 11.1 Å². The lowest BCUT2D eigenvalue weighted by Gasteiger charge is -2.31. The van der Waals surface area contributed by atoms with Gasteiger partial charge in [-0.25, -0.2) is 0 Å². The Balaban J connectivity index is 2.13. The predicted molar refractivity (Wildman–Crippen MR) is 58.6 cm³/mol. The summed E-state index contributed by atoms with van der Waals surface area (Å²) in [6, 6.07) is 5.59. The summed E-state index contributed by atoms with van der Waals surface area (Å²) in [5.74, 6) is -0.0520. The fourth-order valence-corrected chi connectivity index (χ4v) is 1.92. The summed E-state index contributed by atoms with van der Waals surface area (Å²) in [6.07, 6.45) is 2.21. The molecule has 2 heterocycles. The van der Waals surface area contributed by atoms with Gasteiger partial charge in [0.2, 0.25) is 5.91 Å². The molecule has 1 fully saturated rings. The second-order valence-electron chi connectivity index (χ2n) is 3.98. The van der Waals surface area contributed by atoms with E-state index in [-0.39, 0.29) is 24.2 Å². The summed E-state index contributed by atoms with van der Waals surface area (Å²) in [7, 11) is 0. The summed E-state index contributed by atoms with van der Waals surface area (Å²) in [6.45, 7) is 2.45. The van der Waals surface area contributed by atoms with E-state index in [1.165, 1.54) is 0 Å². The van der Waals surface area contributed by atoms with Crippen molar-refractivity contribution in [2.45, 2.75) is 25.8 Å². The van der Waals surface area contributed by atoms with E-state index in [0.29, 0.717) is 13.0 Å². The lowest BCUT2D eigenvalue weighted by molar-refractivity contribution is -0.141. The van der Waals surface area contributed by atoms with Crippen molar-refractivity contribution in [3.8, 4) is 0 Å². The molecule has 16 heavy (non-hydrogen) atoms. The van der Waals surface area contributed by atoms with Gasteiger partial charge in [0.15, 0.2) is 0 Å². The fraction of sp³-hybridized carbons (Fsp3) is 0.417. The van der Waals surface area contributed by atoms with Gasteiger partial charge in [0.05, 0.1) is 18.2 Å². The molecule has 0 bridgehead atoms. The van der Waals surface area contributed by atoms with Crippen LogP contribution in [0.1, 0.15) is 31.5 Å². The van der Waals surface area contributed by atoms with Crippen molar-refractivity contribution in [3.05, 3.63) is 30.1 Å². The van der Waals surface area contributed by atoms with Crippen molar-refractivity contribution in [1.82, 2.24) is 9.88 Å². The third-order valence-electron chi connectivity index (χ3n) is 2.88. The van der Waals surface area contributed by atoms with Crippen LogP contribution in [-0.4, -0.2) is 28.1 Å². The van der Waals surface area contributed by atoms with Crippen LogP contribution in [0, 0.1) is 0 Å². The van der Waals surface area contributed by atoms with Crippen molar-refractivity contribution in [1.29, 1.82) is 0 Å². The van der Waals surface area contributed by atoms with Crippen molar-refractivity contribution >= 4 is 11.7 Å². The van der Waals surface area contributed by atoms with Crippen LogP contribution in [0.15, 0.2) is 24.4 Å². The smallest absolute Gasteiger partial charge is 0.230 e. The van der Waals surface area contributed by atoms with Crippen molar-refractivity contribution in [2.75, 3.05) is 6.54 Å². The molecule has 1 aliphatic heterocycles. The highest BCUT2D eigenvalue weighted by Gasteiger charge is 2.28.